The Balaban J connectivity index is 1.69. The van der Waals surface area contributed by atoms with Crippen LogP contribution in [0.15, 0.2) is 24.3 Å². The molecule has 2 N–H and O–H groups in total. The molecule has 1 fully saturated rings. The highest BCUT2D eigenvalue weighted by atomic mass is 19.1. The second kappa shape index (κ2) is 9.31. The number of carbonyl (C=O) groups excluding carboxylic acids is 3. The molecule has 0 radical (unpaired) electrons. The van der Waals surface area contributed by atoms with Crippen LogP contribution in [0.4, 0.5) is 4.39 Å². The molecule has 0 heterocycles. The molecule has 1 aromatic carbocycles. The van der Waals surface area contributed by atoms with Crippen molar-refractivity contribution in [3.8, 4) is 0 Å². The Bertz CT molecular complexity index is 665. The number of hydrogen-bond acceptors (Lipinski definition) is 4. The number of ether oxygens (including phenoxy) is 1. The molecular formula is C19H25FN2O4. The van der Waals surface area contributed by atoms with E-state index in [-0.39, 0.29) is 30.7 Å². The van der Waals surface area contributed by atoms with Gasteiger partial charge >= 0.3 is 5.97 Å². The van der Waals surface area contributed by atoms with E-state index in [1.165, 1.54) is 18.2 Å². The van der Waals surface area contributed by atoms with Crippen LogP contribution in [-0.2, 0) is 14.3 Å². The molecule has 7 heteroatoms. The Morgan fingerprint density at radius 3 is 2.73 bits per heavy atom. The van der Waals surface area contributed by atoms with Crippen LogP contribution < -0.4 is 10.6 Å². The first-order chi connectivity index (χ1) is 12.4. The normalized spacial score (nSPS) is 22.3. The van der Waals surface area contributed by atoms with Gasteiger partial charge in [0.2, 0.25) is 0 Å². The summed E-state index contributed by atoms with van der Waals surface area (Å²) >= 11 is 0. The van der Waals surface area contributed by atoms with E-state index in [0.29, 0.717) is 11.8 Å². The standard InChI is InChI=1S/C19H25FN2O4/c1-12-5-3-8-16(13(12)2)22-17(23)11-26-18(24)10-21-19(25)14-6-4-7-15(20)9-14/h4,6-7,9,12-13,16H,3,5,8,10-11H2,1-2H3,(H,21,25)(H,22,23)/t12-,13+,16+/m0/s1. The monoisotopic (exact) mass is 364 g/mol. The molecule has 6 nitrogen and oxygen atoms in total. The predicted molar refractivity (Wildman–Crippen MR) is 93.8 cm³/mol. The van der Waals surface area contributed by atoms with Crippen LogP contribution in [0, 0.1) is 17.7 Å². The van der Waals surface area contributed by atoms with Crippen LogP contribution in [0.1, 0.15) is 43.5 Å². The van der Waals surface area contributed by atoms with E-state index in [0.717, 1.165) is 25.3 Å². The van der Waals surface area contributed by atoms with Crippen molar-refractivity contribution in [3.63, 3.8) is 0 Å². The minimum atomic E-state index is -0.727. The second-order valence-corrected chi connectivity index (χ2v) is 6.80. The summed E-state index contributed by atoms with van der Waals surface area (Å²) < 4.78 is 17.9. The lowest BCUT2D eigenvalue weighted by atomic mass is 9.78. The summed E-state index contributed by atoms with van der Waals surface area (Å²) in [5, 5.41) is 5.24. The summed E-state index contributed by atoms with van der Waals surface area (Å²) in [4.78, 5) is 35.4. The van der Waals surface area contributed by atoms with E-state index in [9.17, 15) is 18.8 Å². The molecule has 1 aliphatic rings. The fourth-order valence-corrected chi connectivity index (χ4v) is 3.12. The summed E-state index contributed by atoms with van der Waals surface area (Å²) in [7, 11) is 0. The molecule has 1 aliphatic carbocycles. The maximum atomic E-state index is 13.1. The summed E-state index contributed by atoms with van der Waals surface area (Å²) in [6.45, 7) is 3.51. The summed E-state index contributed by atoms with van der Waals surface area (Å²) in [6, 6.07) is 5.22. The molecule has 142 valence electrons. The molecule has 2 amide bonds. The average molecular weight is 364 g/mol. The molecule has 26 heavy (non-hydrogen) atoms. The summed E-state index contributed by atoms with van der Waals surface area (Å²) in [6.07, 6.45) is 3.16. The Kier molecular flexibility index (Phi) is 7.12. The van der Waals surface area contributed by atoms with Crippen molar-refractivity contribution in [2.24, 2.45) is 11.8 Å². The molecule has 0 bridgehead atoms. The Morgan fingerprint density at radius 1 is 1.23 bits per heavy atom. The average Bonchev–Trinajstić information content (AvgIpc) is 2.61. The van der Waals surface area contributed by atoms with Crippen molar-refractivity contribution in [1.82, 2.24) is 10.6 Å². The molecule has 0 saturated heterocycles. The van der Waals surface area contributed by atoms with Gasteiger partial charge in [0.1, 0.15) is 12.4 Å². The number of amides is 2. The van der Waals surface area contributed by atoms with E-state index in [1.54, 1.807) is 0 Å². The van der Waals surface area contributed by atoms with Gasteiger partial charge in [0.25, 0.3) is 11.8 Å². The van der Waals surface area contributed by atoms with Crippen molar-refractivity contribution in [1.29, 1.82) is 0 Å². The molecule has 0 aliphatic heterocycles. The van der Waals surface area contributed by atoms with Gasteiger partial charge in [0, 0.05) is 11.6 Å². The lowest BCUT2D eigenvalue weighted by Crippen LogP contribution is -2.45. The molecule has 1 saturated carbocycles. The van der Waals surface area contributed by atoms with Crippen molar-refractivity contribution < 1.29 is 23.5 Å². The van der Waals surface area contributed by atoms with Crippen LogP contribution in [-0.4, -0.2) is 37.0 Å². The van der Waals surface area contributed by atoms with E-state index in [2.05, 4.69) is 24.5 Å². The number of nitrogens with one attached hydrogen (secondary N) is 2. The van der Waals surface area contributed by atoms with Gasteiger partial charge < -0.3 is 15.4 Å². The Labute approximate surface area is 152 Å². The number of rotatable bonds is 6. The quantitative estimate of drug-likeness (QED) is 0.757. The fourth-order valence-electron chi connectivity index (χ4n) is 3.12. The van der Waals surface area contributed by atoms with Crippen LogP contribution in [0.2, 0.25) is 0 Å². The molecule has 2 rings (SSSR count). The first-order valence-corrected chi connectivity index (χ1v) is 8.85. The van der Waals surface area contributed by atoms with Gasteiger partial charge in [0.15, 0.2) is 6.61 Å². The summed E-state index contributed by atoms with van der Waals surface area (Å²) in [5.41, 5.74) is 0.107. The van der Waals surface area contributed by atoms with Crippen molar-refractivity contribution in [2.75, 3.05) is 13.2 Å². The topological polar surface area (TPSA) is 84.5 Å². The van der Waals surface area contributed by atoms with Gasteiger partial charge in [-0.15, -0.1) is 0 Å². The van der Waals surface area contributed by atoms with E-state index < -0.39 is 17.7 Å². The lowest BCUT2D eigenvalue weighted by Gasteiger charge is -2.34. The maximum absolute atomic E-state index is 13.1. The van der Waals surface area contributed by atoms with Crippen LogP contribution in [0.25, 0.3) is 0 Å². The molecular weight excluding hydrogens is 339 g/mol. The molecule has 0 unspecified atom stereocenters. The third kappa shape index (κ3) is 5.82. The zero-order valence-corrected chi connectivity index (χ0v) is 15.1. The minimum absolute atomic E-state index is 0.0950. The first kappa shape index (κ1) is 19.9. The Morgan fingerprint density at radius 2 is 2.00 bits per heavy atom. The Hall–Kier alpha value is -2.44. The lowest BCUT2D eigenvalue weighted by molar-refractivity contribution is -0.147. The van der Waals surface area contributed by atoms with Crippen molar-refractivity contribution >= 4 is 17.8 Å². The third-order valence-corrected chi connectivity index (χ3v) is 4.90. The largest absolute Gasteiger partial charge is 0.454 e. The number of benzene rings is 1. The number of carbonyl (C=O) groups is 3. The van der Waals surface area contributed by atoms with E-state index in [1.807, 2.05) is 0 Å². The van der Waals surface area contributed by atoms with Crippen molar-refractivity contribution in [2.45, 2.75) is 39.2 Å². The zero-order chi connectivity index (χ0) is 19.1. The van der Waals surface area contributed by atoms with Gasteiger partial charge in [-0.1, -0.05) is 32.8 Å². The van der Waals surface area contributed by atoms with Gasteiger partial charge in [-0.05, 0) is 36.5 Å². The number of halogens is 1. The second-order valence-electron chi connectivity index (χ2n) is 6.80. The highest BCUT2D eigenvalue weighted by Gasteiger charge is 2.28. The van der Waals surface area contributed by atoms with Crippen LogP contribution >= 0.6 is 0 Å². The van der Waals surface area contributed by atoms with Crippen molar-refractivity contribution in [3.05, 3.63) is 35.6 Å². The van der Waals surface area contributed by atoms with Gasteiger partial charge in [0.05, 0.1) is 0 Å². The van der Waals surface area contributed by atoms with Gasteiger partial charge in [-0.2, -0.15) is 0 Å². The van der Waals surface area contributed by atoms with Gasteiger partial charge in [-0.25, -0.2) is 4.39 Å². The minimum Gasteiger partial charge on any atom is -0.454 e. The zero-order valence-electron chi connectivity index (χ0n) is 15.1. The van der Waals surface area contributed by atoms with E-state index in [4.69, 9.17) is 4.74 Å². The van der Waals surface area contributed by atoms with Gasteiger partial charge in [-0.3, -0.25) is 14.4 Å². The predicted octanol–water partition coefficient (Wildman–Crippen LogP) is 2.04. The summed E-state index contributed by atoms with van der Waals surface area (Å²) in [5.74, 6) is -1.27. The molecule has 1 aromatic rings. The fraction of sp³-hybridized carbons (Fsp3) is 0.526. The molecule has 0 aromatic heterocycles. The SMILES string of the molecule is C[C@@H]1[C@@H](C)CCC[C@H]1NC(=O)COC(=O)CNC(=O)c1cccc(F)c1. The smallest absolute Gasteiger partial charge is 0.325 e. The molecule has 0 spiro atoms. The first-order valence-electron chi connectivity index (χ1n) is 8.85. The highest BCUT2D eigenvalue weighted by molar-refractivity contribution is 5.96. The van der Waals surface area contributed by atoms with Crippen LogP contribution in [0.5, 0.6) is 0 Å². The number of esters is 1. The molecule has 3 atom stereocenters. The van der Waals surface area contributed by atoms with E-state index >= 15 is 0 Å². The van der Waals surface area contributed by atoms with Crippen LogP contribution in [0.3, 0.4) is 0 Å². The maximum Gasteiger partial charge on any atom is 0.325 e. The highest BCUT2D eigenvalue weighted by Crippen LogP contribution is 2.29. The number of hydrogen-bond donors (Lipinski definition) is 2. The third-order valence-electron chi connectivity index (χ3n) is 4.90.